The van der Waals surface area contributed by atoms with E-state index < -0.39 is 0 Å². The lowest BCUT2D eigenvalue weighted by atomic mass is 9.95. The van der Waals surface area contributed by atoms with Crippen LogP contribution in [0.5, 0.6) is 0 Å². The zero-order valence-electron chi connectivity index (χ0n) is 10.7. The number of nitrogens with zero attached hydrogens (tertiary/aromatic N) is 3. The van der Waals surface area contributed by atoms with Crippen molar-refractivity contribution in [2.24, 2.45) is 0 Å². The number of aromatic nitrogens is 2. The monoisotopic (exact) mass is 219 g/mol. The molecule has 1 aromatic heterocycles. The highest BCUT2D eigenvalue weighted by molar-refractivity contribution is 5.22. The zero-order chi connectivity index (χ0) is 11.8. The summed E-state index contributed by atoms with van der Waals surface area (Å²) >= 11 is 0. The quantitative estimate of drug-likeness (QED) is 0.724. The van der Waals surface area contributed by atoms with Crippen molar-refractivity contribution in [1.29, 1.82) is 0 Å². The molecule has 88 valence electrons. The Morgan fingerprint density at radius 1 is 1.38 bits per heavy atom. The largest absolute Gasteiger partial charge is 0.297 e. The molecule has 0 saturated carbocycles. The zero-order valence-corrected chi connectivity index (χ0v) is 10.7. The van der Waals surface area contributed by atoms with Gasteiger partial charge in [0.15, 0.2) is 0 Å². The Labute approximate surface area is 97.9 Å². The second-order valence-corrected chi connectivity index (χ2v) is 5.53. The molecule has 1 aromatic rings. The van der Waals surface area contributed by atoms with E-state index in [2.05, 4.69) is 37.6 Å². The van der Waals surface area contributed by atoms with Gasteiger partial charge >= 0.3 is 0 Å². The molecule has 0 atom stereocenters. The molecule has 0 bridgehead atoms. The Balaban J connectivity index is 2.31. The van der Waals surface area contributed by atoms with E-state index in [9.17, 15) is 0 Å². The highest BCUT2D eigenvalue weighted by atomic mass is 15.1. The molecular formula is C13H21N3. The van der Waals surface area contributed by atoms with Gasteiger partial charge < -0.3 is 0 Å². The predicted molar refractivity (Wildman–Crippen MR) is 65.4 cm³/mol. The van der Waals surface area contributed by atoms with E-state index in [1.807, 2.05) is 6.20 Å². The van der Waals surface area contributed by atoms with Crippen LogP contribution in [0.4, 0.5) is 0 Å². The Bertz CT molecular complexity index is 379. The fraction of sp³-hybridized carbons (Fsp3) is 0.692. The van der Waals surface area contributed by atoms with Crippen molar-refractivity contribution in [3.63, 3.8) is 0 Å². The van der Waals surface area contributed by atoms with Gasteiger partial charge in [0.2, 0.25) is 0 Å². The number of rotatable bonds is 1. The summed E-state index contributed by atoms with van der Waals surface area (Å²) in [7, 11) is 0. The molecular weight excluding hydrogens is 198 g/mol. The lowest BCUT2D eigenvalue weighted by Crippen LogP contribution is -2.32. The van der Waals surface area contributed by atoms with Crippen LogP contribution in [0.1, 0.15) is 44.8 Å². The van der Waals surface area contributed by atoms with Crippen LogP contribution in [0.3, 0.4) is 0 Å². The number of likely N-dealkylation sites (N-methyl/N-ethyl adjacent to an activating group) is 1. The van der Waals surface area contributed by atoms with Gasteiger partial charge in [0.25, 0.3) is 0 Å². The average molecular weight is 219 g/mol. The highest BCUT2D eigenvalue weighted by Gasteiger charge is 2.22. The molecule has 1 aliphatic heterocycles. The molecule has 0 saturated heterocycles. The second kappa shape index (κ2) is 4.13. The van der Waals surface area contributed by atoms with Gasteiger partial charge in [-0.25, -0.2) is 9.97 Å². The van der Waals surface area contributed by atoms with Crippen LogP contribution < -0.4 is 0 Å². The van der Waals surface area contributed by atoms with E-state index in [1.165, 1.54) is 11.3 Å². The van der Waals surface area contributed by atoms with Gasteiger partial charge in [0.05, 0.1) is 5.69 Å². The lowest BCUT2D eigenvalue weighted by molar-refractivity contribution is 0.262. The molecule has 16 heavy (non-hydrogen) atoms. The lowest BCUT2D eigenvalue weighted by Gasteiger charge is -2.28. The second-order valence-electron chi connectivity index (χ2n) is 5.53. The van der Waals surface area contributed by atoms with Crippen molar-refractivity contribution in [1.82, 2.24) is 14.9 Å². The summed E-state index contributed by atoms with van der Waals surface area (Å²) in [5, 5.41) is 0. The molecule has 0 aromatic carbocycles. The number of fused-ring (bicyclic) bond motifs is 1. The molecule has 0 fully saturated rings. The smallest absolute Gasteiger partial charge is 0.133 e. The minimum atomic E-state index is 0.0452. The highest BCUT2D eigenvalue weighted by Crippen LogP contribution is 2.22. The van der Waals surface area contributed by atoms with E-state index >= 15 is 0 Å². The first kappa shape index (κ1) is 11.5. The molecule has 0 spiro atoms. The van der Waals surface area contributed by atoms with Crippen molar-refractivity contribution >= 4 is 0 Å². The third-order valence-electron chi connectivity index (χ3n) is 3.14. The van der Waals surface area contributed by atoms with Crippen molar-refractivity contribution < 1.29 is 0 Å². The summed E-state index contributed by atoms with van der Waals surface area (Å²) in [5.41, 5.74) is 2.61. The van der Waals surface area contributed by atoms with E-state index in [0.717, 1.165) is 31.9 Å². The molecule has 1 aliphatic rings. The van der Waals surface area contributed by atoms with Gasteiger partial charge in [-0.3, -0.25) is 4.90 Å². The topological polar surface area (TPSA) is 29.0 Å². The summed E-state index contributed by atoms with van der Waals surface area (Å²) in [6, 6.07) is 0. The Morgan fingerprint density at radius 3 is 2.75 bits per heavy atom. The van der Waals surface area contributed by atoms with Crippen LogP contribution in [-0.4, -0.2) is 28.0 Å². The molecule has 0 N–H and O–H groups in total. The molecule has 0 unspecified atom stereocenters. The third-order valence-corrected chi connectivity index (χ3v) is 3.14. The van der Waals surface area contributed by atoms with E-state index in [4.69, 9.17) is 4.98 Å². The normalized spacial score (nSPS) is 17.2. The molecule has 0 aliphatic carbocycles. The molecule has 2 heterocycles. The number of hydrogen-bond acceptors (Lipinski definition) is 3. The van der Waals surface area contributed by atoms with Gasteiger partial charge in [-0.05, 0) is 18.5 Å². The minimum absolute atomic E-state index is 0.0452. The van der Waals surface area contributed by atoms with E-state index in [1.54, 1.807) is 0 Å². The number of hydrogen-bond donors (Lipinski definition) is 0. The van der Waals surface area contributed by atoms with E-state index in [0.29, 0.717) is 0 Å². The van der Waals surface area contributed by atoms with Gasteiger partial charge in [-0.2, -0.15) is 0 Å². The van der Waals surface area contributed by atoms with Crippen LogP contribution in [0.25, 0.3) is 0 Å². The minimum Gasteiger partial charge on any atom is -0.297 e. The van der Waals surface area contributed by atoms with Gasteiger partial charge in [0.1, 0.15) is 5.82 Å². The SMILES string of the molecule is CCN1CCc2cnc(C(C)(C)C)nc2C1. The van der Waals surface area contributed by atoms with Crippen LogP contribution in [0.2, 0.25) is 0 Å². The van der Waals surface area contributed by atoms with Crippen molar-refractivity contribution in [2.75, 3.05) is 13.1 Å². The maximum Gasteiger partial charge on any atom is 0.133 e. The summed E-state index contributed by atoms with van der Waals surface area (Å²) in [6.07, 6.45) is 3.11. The Hall–Kier alpha value is -0.960. The van der Waals surface area contributed by atoms with Gasteiger partial charge in [-0.15, -0.1) is 0 Å². The maximum absolute atomic E-state index is 4.73. The molecule has 3 nitrogen and oxygen atoms in total. The third kappa shape index (κ3) is 2.24. The van der Waals surface area contributed by atoms with Crippen LogP contribution >= 0.6 is 0 Å². The fourth-order valence-corrected chi connectivity index (χ4v) is 1.99. The average Bonchev–Trinajstić information content (AvgIpc) is 2.26. The first-order valence-electron chi connectivity index (χ1n) is 6.08. The Kier molecular flexibility index (Phi) is 2.98. The molecule has 0 amide bonds. The molecule has 0 radical (unpaired) electrons. The first-order chi connectivity index (χ1) is 7.50. The van der Waals surface area contributed by atoms with Crippen LogP contribution in [-0.2, 0) is 18.4 Å². The predicted octanol–water partition coefficient (Wildman–Crippen LogP) is 2.15. The van der Waals surface area contributed by atoms with Gasteiger partial charge in [0, 0.05) is 24.7 Å². The van der Waals surface area contributed by atoms with Crippen LogP contribution in [0, 0.1) is 0 Å². The van der Waals surface area contributed by atoms with E-state index in [-0.39, 0.29) is 5.41 Å². The summed E-state index contributed by atoms with van der Waals surface area (Å²) in [4.78, 5) is 11.6. The van der Waals surface area contributed by atoms with Gasteiger partial charge in [-0.1, -0.05) is 27.7 Å². The summed E-state index contributed by atoms with van der Waals surface area (Å²) in [6.45, 7) is 11.9. The molecule has 3 heteroatoms. The summed E-state index contributed by atoms with van der Waals surface area (Å²) in [5.74, 6) is 0.962. The van der Waals surface area contributed by atoms with Crippen molar-refractivity contribution in [2.45, 2.75) is 46.1 Å². The maximum atomic E-state index is 4.73. The standard InChI is InChI=1S/C13H21N3/c1-5-16-7-6-10-8-14-12(13(2,3)4)15-11(10)9-16/h8H,5-7,9H2,1-4H3. The van der Waals surface area contributed by atoms with Crippen molar-refractivity contribution in [3.05, 3.63) is 23.3 Å². The van der Waals surface area contributed by atoms with Crippen molar-refractivity contribution in [3.8, 4) is 0 Å². The molecule has 2 rings (SSSR count). The first-order valence-corrected chi connectivity index (χ1v) is 6.08. The summed E-state index contributed by atoms with van der Waals surface area (Å²) < 4.78 is 0. The fourth-order valence-electron chi connectivity index (χ4n) is 1.99. The Morgan fingerprint density at radius 2 is 2.12 bits per heavy atom. The van der Waals surface area contributed by atoms with Crippen LogP contribution in [0.15, 0.2) is 6.20 Å².